The Labute approximate surface area is 92.2 Å². The lowest BCUT2D eigenvalue weighted by atomic mass is 10.1. The fourth-order valence-corrected chi connectivity index (χ4v) is 2.43. The summed E-state index contributed by atoms with van der Waals surface area (Å²) in [5.41, 5.74) is 3.24. The summed E-state index contributed by atoms with van der Waals surface area (Å²) in [6.45, 7) is 0. The number of thioether (sulfide) groups is 1. The van der Waals surface area contributed by atoms with Crippen molar-refractivity contribution < 1.29 is 0 Å². The quantitative estimate of drug-likeness (QED) is 0.736. The molecular weight excluding hydrogens is 210 g/mol. The van der Waals surface area contributed by atoms with Gasteiger partial charge in [0.1, 0.15) is 0 Å². The Kier molecular flexibility index (Phi) is 3.22. The molecule has 0 fully saturated rings. The Bertz CT molecular complexity index is 395. The maximum absolute atomic E-state index is 4.07. The third kappa shape index (κ3) is 2.36. The van der Waals surface area contributed by atoms with Crippen LogP contribution in [0.2, 0.25) is 0 Å². The molecule has 0 saturated heterocycles. The van der Waals surface area contributed by atoms with Crippen LogP contribution in [0.5, 0.6) is 0 Å². The second kappa shape index (κ2) is 4.62. The van der Waals surface area contributed by atoms with Gasteiger partial charge in [0, 0.05) is 22.4 Å². The van der Waals surface area contributed by atoms with Gasteiger partial charge >= 0.3 is 0 Å². The zero-order chi connectivity index (χ0) is 9.80. The van der Waals surface area contributed by atoms with Crippen molar-refractivity contribution in [2.75, 3.05) is 6.26 Å². The van der Waals surface area contributed by atoms with E-state index in [4.69, 9.17) is 0 Å². The number of nitrogens with zero attached hydrogens (tertiary/aromatic N) is 1. The predicted molar refractivity (Wildman–Crippen MR) is 63.1 cm³/mol. The average molecular weight is 221 g/mol. The molecule has 1 aromatic carbocycles. The number of rotatable bonds is 3. The largest absolute Gasteiger partial charge is 0.253 e. The zero-order valence-corrected chi connectivity index (χ0v) is 9.57. The van der Waals surface area contributed by atoms with Crippen LogP contribution in [0.1, 0.15) is 10.4 Å². The molecule has 72 valence electrons. The number of benzene rings is 1. The first-order valence-corrected chi connectivity index (χ1v) is 6.49. The van der Waals surface area contributed by atoms with Gasteiger partial charge in [0.2, 0.25) is 0 Å². The second-order valence-corrected chi connectivity index (χ2v) is 4.85. The predicted octanol–water partition coefficient (Wildman–Crippen LogP) is 3.46. The first-order chi connectivity index (χ1) is 6.88. The number of aromatic nitrogens is 1. The van der Waals surface area contributed by atoms with E-state index in [-0.39, 0.29) is 0 Å². The van der Waals surface area contributed by atoms with Gasteiger partial charge in [-0.3, -0.25) is 4.98 Å². The highest BCUT2D eigenvalue weighted by Crippen LogP contribution is 2.19. The minimum Gasteiger partial charge on any atom is -0.253 e. The van der Waals surface area contributed by atoms with Crippen LogP contribution in [0.15, 0.2) is 40.9 Å². The van der Waals surface area contributed by atoms with Crippen LogP contribution in [-0.4, -0.2) is 11.2 Å². The zero-order valence-electron chi connectivity index (χ0n) is 7.93. The van der Waals surface area contributed by atoms with Gasteiger partial charge in [0.15, 0.2) is 0 Å². The molecule has 0 unspecified atom stereocenters. The highest BCUT2D eigenvalue weighted by atomic mass is 32.2. The molecule has 0 radical (unpaired) electrons. The topological polar surface area (TPSA) is 12.9 Å². The Morgan fingerprint density at radius 3 is 3.07 bits per heavy atom. The summed E-state index contributed by atoms with van der Waals surface area (Å²) in [5.74, 6) is 0. The van der Waals surface area contributed by atoms with E-state index < -0.39 is 0 Å². The smallest absolute Gasteiger partial charge is 0.0794 e. The van der Waals surface area contributed by atoms with Crippen LogP contribution in [0.25, 0.3) is 0 Å². The molecule has 0 saturated carbocycles. The van der Waals surface area contributed by atoms with Gasteiger partial charge in [0.05, 0.1) is 5.51 Å². The van der Waals surface area contributed by atoms with Crippen molar-refractivity contribution in [1.29, 1.82) is 0 Å². The summed E-state index contributed by atoms with van der Waals surface area (Å²) in [4.78, 5) is 6.72. The van der Waals surface area contributed by atoms with Crippen LogP contribution in [0.4, 0.5) is 0 Å². The molecule has 0 atom stereocenters. The van der Waals surface area contributed by atoms with Crippen LogP contribution in [0.3, 0.4) is 0 Å². The average Bonchev–Trinajstić information content (AvgIpc) is 2.71. The minimum atomic E-state index is 0.999. The van der Waals surface area contributed by atoms with Gasteiger partial charge in [0.25, 0.3) is 0 Å². The van der Waals surface area contributed by atoms with Crippen molar-refractivity contribution in [2.45, 2.75) is 11.3 Å². The fraction of sp³-hybridized carbons (Fsp3) is 0.182. The molecule has 3 heteroatoms. The SMILES string of the molecule is CSc1cccc(Cc2cncs2)c1. The second-order valence-electron chi connectivity index (χ2n) is 3.00. The van der Waals surface area contributed by atoms with Gasteiger partial charge in [-0.15, -0.1) is 23.1 Å². The highest BCUT2D eigenvalue weighted by Gasteiger charge is 1.98. The van der Waals surface area contributed by atoms with Gasteiger partial charge in [-0.1, -0.05) is 12.1 Å². The maximum atomic E-state index is 4.07. The third-order valence-electron chi connectivity index (χ3n) is 2.00. The van der Waals surface area contributed by atoms with Crippen molar-refractivity contribution in [3.05, 3.63) is 46.4 Å². The fourth-order valence-electron chi connectivity index (χ4n) is 1.31. The van der Waals surface area contributed by atoms with Crippen molar-refractivity contribution in [1.82, 2.24) is 4.98 Å². The Morgan fingerprint density at radius 1 is 1.43 bits per heavy atom. The molecular formula is C11H11NS2. The van der Waals surface area contributed by atoms with E-state index in [0.29, 0.717) is 0 Å². The molecule has 1 nitrogen and oxygen atoms in total. The van der Waals surface area contributed by atoms with E-state index in [1.54, 1.807) is 23.1 Å². The first kappa shape index (κ1) is 9.74. The van der Waals surface area contributed by atoms with Crippen LogP contribution < -0.4 is 0 Å². The van der Waals surface area contributed by atoms with E-state index >= 15 is 0 Å². The van der Waals surface area contributed by atoms with Gasteiger partial charge in [-0.25, -0.2) is 0 Å². The van der Waals surface area contributed by atoms with Crippen LogP contribution in [0, 0.1) is 0 Å². The molecule has 1 aromatic heterocycles. The first-order valence-electron chi connectivity index (χ1n) is 4.39. The molecule has 0 N–H and O–H groups in total. The van der Waals surface area contributed by atoms with Gasteiger partial charge < -0.3 is 0 Å². The lowest BCUT2D eigenvalue weighted by Crippen LogP contribution is -1.84. The molecule has 0 amide bonds. The lowest BCUT2D eigenvalue weighted by molar-refractivity contribution is 1.19. The Balaban J connectivity index is 2.17. The van der Waals surface area contributed by atoms with Crippen LogP contribution >= 0.6 is 23.1 Å². The maximum Gasteiger partial charge on any atom is 0.0794 e. The molecule has 0 aliphatic carbocycles. The molecule has 2 aromatic rings. The molecule has 0 spiro atoms. The summed E-state index contributed by atoms with van der Waals surface area (Å²) in [6.07, 6.45) is 5.04. The summed E-state index contributed by atoms with van der Waals surface area (Å²) >= 11 is 3.50. The monoisotopic (exact) mass is 221 g/mol. The van der Waals surface area contributed by atoms with Gasteiger partial charge in [-0.05, 0) is 24.0 Å². The summed E-state index contributed by atoms with van der Waals surface area (Å²) < 4.78 is 0. The van der Waals surface area contributed by atoms with Crippen molar-refractivity contribution in [3.8, 4) is 0 Å². The van der Waals surface area contributed by atoms with Crippen LogP contribution in [-0.2, 0) is 6.42 Å². The van der Waals surface area contributed by atoms with E-state index in [1.165, 1.54) is 15.3 Å². The van der Waals surface area contributed by atoms with E-state index in [0.717, 1.165) is 6.42 Å². The summed E-state index contributed by atoms with van der Waals surface area (Å²) in [7, 11) is 0. The van der Waals surface area contributed by atoms with Crippen molar-refractivity contribution >= 4 is 23.1 Å². The van der Waals surface area contributed by atoms with E-state index in [1.807, 2.05) is 11.7 Å². The Hall–Kier alpha value is -0.800. The van der Waals surface area contributed by atoms with Gasteiger partial charge in [-0.2, -0.15) is 0 Å². The molecule has 0 aliphatic rings. The molecule has 1 heterocycles. The Morgan fingerprint density at radius 2 is 2.36 bits per heavy atom. The van der Waals surface area contributed by atoms with Crippen molar-refractivity contribution in [2.24, 2.45) is 0 Å². The minimum absolute atomic E-state index is 0.999. The number of hydrogen-bond donors (Lipinski definition) is 0. The normalized spacial score (nSPS) is 10.4. The summed E-state index contributed by atoms with van der Waals surface area (Å²) in [6, 6.07) is 8.66. The highest BCUT2D eigenvalue weighted by molar-refractivity contribution is 7.98. The van der Waals surface area contributed by atoms with Crippen molar-refractivity contribution in [3.63, 3.8) is 0 Å². The number of hydrogen-bond acceptors (Lipinski definition) is 3. The summed E-state index contributed by atoms with van der Waals surface area (Å²) in [5, 5.41) is 0. The molecule has 2 rings (SSSR count). The molecule has 0 aliphatic heterocycles. The third-order valence-corrected chi connectivity index (χ3v) is 3.50. The van der Waals surface area contributed by atoms with E-state index in [2.05, 4.69) is 35.5 Å². The molecule has 0 bridgehead atoms. The lowest BCUT2D eigenvalue weighted by Gasteiger charge is -2.00. The standard InChI is InChI=1S/C11H11NS2/c1-13-10-4-2-3-9(5-10)6-11-7-12-8-14-11/h2-5,7-8H,6H2,1H3. The number of thiazole rings is 1. The van der Waals surface area contributed by atoms with E-state index in [9.17, 15) is 0 Å². The molecule has 14 heavy (non-hydrogen) atoms.